The van der Waals surface area contributed by atoms with E-state index in [0.29, 0.717) is 6.42 Å². The minimum atomic E-state index is -0.987. The molecule has 1 atom stereocenters. The van der Waals surface area contributed by atoms with Crippen LogP contribution in [-0.4, -0.2) is 22.1 Å². The van der Waals surface area contributed by atoms with Crippen molar-refractivity contribution < 1.29 is 14.3 Å². The molecule has 1 heterocycles. The molecule has 4 nitrogen and oxygen atoms in total. The summed E-state index contributed by atoms with van der Waals surface area (Å²) in [4.78, 5) is 14.7. The molecule has 0 aliphatic carbocycles. The summed E-state index contributed by atoms with van der Waals surface area (Å²) in [5.41, 5.74) is 0. The van der Waals surface area contributed by atoms with Gasteiger partial charge >= 0.3 is 5.97 Å². The SMILES string of the molecule is CCCCC(Nc1ncccc1F)C(=O)O. The highest BCUT2D eigenvalue weighted by Crippen LogP contribution is 2.12. The Kier molecular flexibility index (Phi) is 4.69. The second-order valence-corrected chi connectivity index (χ2v) is 3.51. The number of pyridine rings is 1. The molecule has 0 spiro atoms. The van der Waals surface area contributed by atoms with Crippen molar-refractivity contribution in [3.05, 3.63) is 24.1 Å². The zero-order chi connectivity index (χ0) is 12.0. The molecule has 88 valence electrons. The van der Waals surface area contributed by atoms with E-state index in [1.165, 1.54) is 18.3 Å². The number of hydrogen-bond acceptors (Lipinski definition) is 3. The number of aliphatic carboxylic acids is 1. The summed E-state index contributed by atoms with van der Waals surface area (Å²) in [5, 5.41) is 11.5. The first-order chi connectivity index (χ1) is 7.65. The van der Waals surface area contributed by atoms with Crippen LogP contribution in [0.15, 0.2) is 18.3 Å². The van der Waals surface area contributed by atoms with Crippen LogP contribution in [0.5, 0.6) is 0 Å². The molecular weight excluding hydrogens is 211 g/mol. The molecule has 0 saturated heterocycles. The summed E-state index contributed by atoms with van der Waals surface area (Å²) in [6.45, 7) is 1.97. The van der Waals surface area contributed by atoms with Gasteiger partial charge in [0.15, 0.2) is 11.6 Å². The van der Waals surface area contributed by atoms with Crippen LogP contribution in [0.3, 0.4) is 0 Å². The van der Waals surface area contributed by atoms with Crippen LogP contribution in [0.1, 0.15) is 26.2 Å². The lowest BCUT2D eigenvalue weighted by atomic mass is 10.1. The summed E-state index contributed by atoms with van der Waals surface area (Å²) in [6.07, 6.45) is 3.56. The number of hydrogen-bond donors (Lipinski definition) is 2. The van der Waals surface area contributed by atoms with Gasteiger partial charge in [0.25, 0.3) is 0 Å². The van der Waals surface area contributed by atoms with Gasteiger partial charge in [0, 0.05) is 6.20 Å². The number of unbranched alkanes of at least 4 members (excludes halogenated alkanes) is 1. The Morgan fingerprint density at radius 1 is 1.69 bits per heavy atom. The van der Waals surface area contributed by atoms with Crippen LogP contribution in [0.2, 0.25) is 0 Å². The third kappa shape index (κ3) is 3.49. The van der Waals surface area contributed by atoms with E-state index < -0.39 is 17.8 Å². The quantitative estimate of drug-likeness (QED) is 0.781. The number of carboxylic acid groups (broad SMARTS) is 1. The molecule has 0 aromatic carbocycles. The van der Waals surface area contributed by atoms with Crippen molar-refractivity contribution in [2.75, 3.05) is 5.32 Å². The number of halogens is 1. The molecule has 0 amide bonds. The highest BCUT2D eigenvalue weighted by atomic mass is 19.1. The van der Waals surface area contributed by atoms with Crippen LogP contribution in [-0.2, 0) is 4.79 Å². The zero-order valence-corrected chi connectivity index (χ0v) is 9.11. The normalized spacial score (nSPS) is 12.1. The largest absolute Gasteiger partial charge is 0.480 e. The first kappa shape index (κ1) is 12.4. The Morgan fingerprint density at radius 3 is 3.00 bits per heavy atom. The van der Waals surface area contributed by atoms with Gasteiger partial charge in [-0.3, -0.25) is 0 Å². The lowest BCUT2D eigenvalue weighted by molar-refractivity contribution is -0.138. The fourth-order valence-corrected chi connectivity index (χ4v) is 1.32. The molecular formula is C11H15FN2O2. The van der Waals surface area contributed by atoms with E-state index in [1.807, 2.05) is 6.92 Å². The minimum absolute atomic E-state index is 0.00833. The van der Waals surface area contributed by atoms with Crippen molar-refractivity contribution in [1.82, 2.24) is 4.98 Å². The van der Waals surface area contributed by atoms with Crippen molar-refractivity contribution in [2.45, 2.75) is 32.2 Å². The fraction of sp³-hybridized carbons (Fsp3) is 0.455. The van der Waals surface area contributed by atoms with Gasteiger partial charge in [0.1, 0.15) is 6.04 Å². The molecule has 16 heavy (non-hydrogen) atoms. The molecule has 0 aliphatic rings. The van der Waals surface area contributed by atoms with Crippen molar-refractivity contribution in [3.8, 4) is 0 Å². The number of aromatic nitrogens is 1. The summed E-state index contributed by atoms with van der Waals surface area (Å²) in [5.74, 6) is -1.53. The van der Waals surface area contributed by atoms with Gasteiger partial charge in [-0.2, -0.15) is 0 Å². The van der Waals surface area contributed by atoms with E-state index in [4.69, 9.17) is 5.11 Å². The van der Waals surface area contributed by atoms with Crippen LogP contribution >= 0.6 is 0 Å². The summed E-state index contributed by atoms with van der Waals surface area (Å²) in [6, 6.07) is 1.92. The van der Waals surface area contributed by atoms with Gasteiger partial charge in [-0.25, -0.2) is 14.2 Å². The van der Waals surface area contributed by atoms with Crippen molar-refractivity contribution in [3.63, 3.8) is 0 Å². The summed E-state index contributed by atoms with van der Waals surface area (Å²) >= 11 is 0. The third-order valence-corrected chi connectivity index (χ3v) is 2.21. The molecule has 0 bridgehead atoms. The Balaban J connectivity index is 2.68. The predicted octanol–water partition coefficient (Wildman–Crippen LogP) is 2.28. The van der Waals surface area contributed by atoms with Gasteiger partial charge in [0.05, 0.1) is 0 Å². The van der Waals surface area contributed by atoms with Crippen LogP contribution in [0, 0.1) is 5.82 Å². The Morgan fingerprint density at radius 2 is 2.44 bits per heavy atom. The maximum absolute atomic E-state index is 13.2. The number of carbonyl (C=O) groups is 1. The number of anilines is 1. The van der Waals surface area contributed by atoms with Crippen molar-refractivity contribution in [1.29, 1.82) is 0 Å². The number of carboxylic acids is 1. The molecule has 2 N–H and O–H groups in total. The molecule has 0 aliphatic heterocycles. The predicted molar refractivity (Wildman–Crippen MR) is 58.8 cm³/mol. The molecule has 0 fully saturated rings. The Labute approximate surface area is 93.5 Å². The lowest BCUT2D eigenvalue weighted by Crippen LogP contribution is -2.30. The summed E-state index contributed by atoms with van der Waals surface area (Å²) < 4.78 is 13.2. The highest BCUT2D eigenvalue weighted by molar-refractivity contribution is 5.76. The minimum Gasteiger partial charge on any atom is -0.480 e. The van der Waals surface area contributed by atoms with Gasteiger partial charge in [-0.1, -0.05) is 19.8 Å². The van der Waals surface area contributed by atoms with E-state index in [0.717, 1.165) is 12.8 Å². The monoisotopic (exact) mass is 226 g/mol. The van der Waals surface area contributed by atoms with Gasteiger partial charge < -0.3 is 10.4 Å². The molecule has 1 rings (SSSR count). The standard InChI is InChI=1S/C11H15FN2O2/c1-2-3-6-9(11(15)16)14-10-8(12)5-4-7-13-10/h4-5,7,9H,2-3,6H2,1H3,(H,13,14)(H,15,16). The zero-order valence-electron chi connectivity index (χ0n) is 9.11. The van der Waals surface area contributed by atoms with E-state index in [1.54, 1.807) is 0 Å². The number of nitrogens with one attached hydrogen (secondary N) is 1. The molecule has 0 saturated carbocycles. The average Bonchev–Trinajstić information content (AvgIpc) is 2.26. The molecule has 0 radical (unpaired) electrons. The topological polar surface area (TPSA) is 62.2 Å². The highest BCUT2D eigenvalue weighted by Gasteiger charge is 2.18. The number of nitrogens with zero attached hydrogens (tertiary/aromatic N) is 1. The summed E-state index contributed by atoms with van der Waals surface area (Å²) in [7, 11) is 0. The van der Waals surface area contributed by atoms with Crippen molar-refractivity contribution in [2.24, 2.45) is 0 Å². The van der Waals surface area contributed by atoms with Gasteiger partial charge in [-0.15, -0.1) is 0 Å². The second-order valence-electron chi connectivity index (χ2n) is 3.51. The average molecular weight is 226 g/mol. The Hall–Kier alpha value is -1.65. The molecule has 1 aromatic heterocycles. The van der Waals surface area contributed by atoms with E-state index >= 15 is 0 Å². The van der Waals surface area contributed by atoms with Crippen LogP contribution in [0.4, 0.5) is 10.2 Å². The van der Waals surface area contributed by atoms with Gasteiger partial charge in [-0.05, 0) is 18.6 Å². The van der Waals surface area contributed by atoms with Crippen molar-refractivity contribution >= 4 is 11.8 Å². The Bertz CT molecular complexity index is 358. The first-order valence-corrected chi connectivity index (χ1v) is 5.25. The molecule has 5 heteroatoms. The van der Waals surface area contributed by atoms with Gasteiger partial charge in [0.2, 0.25) is 0 Å². The molecule has 1 unspecified atom stereocenters. The maximum atomic E-state index is 13.2. The van der Waals surface area contributed by atoms with E-state index in [9.17, 15) is 9.18 Å². The maximum Gasteiger partial charge on any atom is 0.326 e. The molecule has 1 aromatic rings. The second kappa shape index (κ2) is 6.05. The van der Waals surface area contributed by atoms with E-state index in [-0.39, 0.29) is 5.82 Å². The fourth-order valence-electron chi connectivity index (χ4n) is 1.32. The third-order valence-electron chi connectivity index (χ3n) is 2.21. The number of rotatable bonds is 6. The smallest absolute Gasteiger partial charge is 0.326 e. The first-order valence-electron chi connectivity index (χ1n) is 5.25. The van der Waals surface area contributed by atoms with Crippen LogP contribution in [0.25, 0.3) is 0 Å². The lowest BCUT2D eigenvalue weighted by Gasteiger charge is -2.14. The van der Waals surface area contributed by atoms with E-state index in [2.05, 4.69) is 10.3 Å². The van der Waals surface area contributed by atoms with Crippen LogP contribution < -0.4 is 5.32 Å².